The van der Waals surface area contributed by atoms with Crippen LogP contribution >= 0.6 is 0 Å². The number of alkyl halides is 2. The van der Waals surface area contributed by atoms with Gasteiger partial charge in [-0.05, 0) is 25.2 Å². The first-order valence-electron chi connectivity index (χ1n) is 6.44. The molecule has 3 N–H and O–H groups in total. The molecule has 0 saturated carbocycles. The summed E-state index contributed by atoms with van der Waals surface area (Å²) >= 11 is 0. The molecule has 0 radical (unpaired) electrons. The Bertz CT molecular complexity index is 621. The maximum atomic E-state index is 12.4. The molecule has 0 aliphatic rings. The monoisotopic (exact) mass is 296 g/mol. The summed E-state index contributed by atoms with van der Waals surface area (Å²) in [7, 11) is 3.21. The van der Waals surface area contributed by atoms with E-state index in [1.165, 1.54) is 4.90 Å². The van der Waals surface area contributed by atoms with Crippen LogP contribution in [0.5, 0.6) is 5.75 Å². The van der Waals surface area contributed by atoms with E-state index in [4.69, 9.17) is 10.6 Å². The highest BCUT2D eigenvalue weighted by molar-refractivity contribution is 5.83. The van der Waals surface area contributed by atoms with Crippen LogP contribution in [0.1, 0.15) is 5.56 Å². The quantitative estimate of drug-likeness (QED) is 0.632. The largest absolute Gasteiger partial charge is 0.497 e. The second-order valence-corrected chi connectivity index (χ2v) is 4.79. The Hall–Kier alpha value is -1.99. The fourth-order valence-electron chi connectivity index (χ4n) is 2.15. The van der Waals surface area contributed by atoms with Crippen LogP contribution in [0.3, 0.4) is 0 Å². The molecule has 0 aliphatic carbocycles. The lowest BCUT2D eigenvalue weighted by Gasteiger charge is -2.18. The number of nitrogens with one attached hydrogen (secondary N) is 1. The van der Waals surface area contributed by atoms with E-state index < -0.39 is 6.43 Å². The van der Waals surface area contributed by atoms with E-state index in [9.17, 15) is 8.78 Å². The van der Waals surface area contributed by atoms with Crippen LogP contribution in [0.15, 0.2) is 24.3 Å². The summed E-state index contributed by atoms with van der Waals surface area (Å²) in [5, 5.41) is 0.898. The summed E-state index contributed by atoms with van der Waals surface area (Å²) in [5.74, 6) is 6.64. The molecule has 0 amide bonds. The first-order chi connectivity index (χ1) is 10.0. The van der Waals surface area contributed by atoms with Crippen molar-refractivity contribution in [2.24, 2.45) is 5.84 Å². The van der Waals surface area contributed by atoms with Crippen molar-refractivity contribution >= 4 is 16.7 Å². The Morgan fingerprint density at radius 2 is 2.14 bits per heavy atom. The molecule has 0 fully saturated rings. The zero-order chi connectivity index (χ0) is 15.4. The zero-order valence-corrected chi connectivity index (χ0v) is 11.9. The van der Waals surface area contributed by atoms with Gasteiger partial charge in [0.1, 0.15) is 11.6 Å². The second-order valence-electron chi connectivity index (χ2n) is 4.79. The van der Waals surface area contributed by atoms with Crippen molar-refractivity contribution in [3.63, 3.8) is 0 Å². The average molecular weight is 296 g/mol. The average Bonchev–Trinajstić information content (AvgIpc) is 2.45. The number of nitrogen functional groups attached to an aromatic ring is 1. The van der Waals surface area contributed by atoms with Gasteiger partial charge in [-0.2, -0.15) is 0 Å². The van der Waals surface area contributed by atoms with Crippen molar-refractivity contribution in [2.45, 2.75) is 13.0 Å². The number of hydrazine groups is 1. The van der Waals surface area contributed by atoms with Crippen molar-refractivity contribution in [1.82, 2.24) is 9.88 Å². The van der Waals surface area contributed by atoms with Gasteiger partial charge in [-0.1, -0.05) is 0 Å². The van der Waals surface area contributed by atoms with Crippen molar-refractivity contribution in [1.29, 1.82) is 0 Å². The number of pyridine rings is 1. The van der Waals surface area contributed by atoms with Crippen LogP contribution in [-0.4, -0.2) is 37.0 Å². The SMILES string of the molecule is COc1ccc2cc(CN(C)CC(F)F)c(NN)nc2c1. The number of anilines is 1. The topological polar surface area (TPSA) is 63.4 Å². The molecule has 2 aromatic rings. The van der Waals surface area contributed by atoms with E-state index >= 15 is 0 Å². The third kappa shape index (κ3) is 3.77. The maximum absolute atomic E-state index is 12.4. The van der Waals surface area contributed by atoms with Crippen LogP contribution in [0.2, 0.25) is 0 Å². The molecule has 1 aromatic carbocycles. The van der Waals surface area contributed by atoms with Gasteiger partial charge in [-0.3, -0.25) is 4.90 Å². The smallest absolute Gasteiger partial charge is 0.251 e. The van der Waals surface area contributed by atoms with E-state index in [0.29, 0.717) is 18.1 Å². The molecule has 0 spiro atoms. The van der Waals surface area contributed by atoms with Gasteiger partial charge in [0.05, 0.1) is 19.2 Å². The lowest BCUT2D eigenvalue weighted by Crippen LogP contribution is -2.25. The first-order valence-corrected chi connectivity index (χ1v) is 6.44. The van der Waals surface area contributed by atoms with E-state index in [2.05, 4.69) is 10.4 Å². The van der Waals surface area contributed by atoms with Gasteiger partial charge in [-0.15, -0.1) is 0 Å². The Kier molecular flexibility index (Phi) is 4.87. The zero-order valence-electron chi connectivity index (χ0n) is 11.9. The minimum atomic E-state index is -2.37. The number of halogens is 2. The molecular formula is C14H18F2N4O. The van der Waals surface area contributed by atoms with Gasteiger partial charge in [0.15, 0.2) is 0 Å². The van der Waals surface area contributed by atoms with Crippen LogP contribution in [0, 0.1) is 0 Å². The summed E-state index contributed by atoms with van der Waals surface area (Å²) in [6, 6.07) is 7.38. The normalized spacial score (nSPS) is 11.4. The molecule has 114 valence electrons. The molecule has 0 aliphatic heterocycles. The summed E-state index contributed by atoms with van der Waals surface area (Å²) < 4.78 is 29.9. The predicted molar refractivity (Wildman–Crippen MR) is 78.4 cm³/mol. The highest BCUT2D eigenvalue weighted by Gasteiger charge is 2.12. The molecule has 1 heterocycles. The van der Waals surface area contributed by atoms with Crippen LogP contribution in [0.4, 0.5) is 14.6 Å². The summed E-state index contributed by atoms with van der Waals surface area (Å²) in [4.78, 5) is 5.93. The van der Waals surface area contributed by atoms with E-state index in [0.717, 1.165) is 16.5 Å². The number of benzene rings is 1. The maximum Gasteiger partial charge on any atom is 0.251 e. The number of ether oxygens (including phenoxy) is 1. The van der Waals surface area contributed by atoms with Gasteiger partial charge in [0.25, 0.3) is 6.43 Å². The molecule has 5 nitrogen and oxygen atoms in total. The summed E-state index contributed by atoms with van der Waals surface area (Å²) in [5.41, 5.74) is 4.00. The molecule has 0 atom stereocenters. The van der Waals surface area contributed by atoms with Crippen LogP contribution in [0.25, 0.3) is 10.9 Å². The number of methoxy groups -OCH3 is 1. The lowest BCUT2D eigenvalue weighted by molar-refractivity contribution is 0.0976. The summed E-state index contributed by atoms with van der Waals surface area (Å²) in [6.45, 7) is 0.0313. The number of rotatable bonds is 6. The Morgan fingerprint density at radius 1 is 1.38 bits per heavy atom. The number of hydrogen-bond acceptors (Lipinski definition) is 5. The van der Waals surface area contributed by atoms with E-state index in [-0.39, 0.29) is 6.54 Å². The number of fused-ring (bicyclic) bond motifs is 1. The van der Waals surface area contributed by atoms with Crippen LogP contribution in [-0.2, 0) is 6.54 Å². The first kappa shape index (κ1) is 15.4. The second kappa shape index (κ2) is 6.64. The molecule has 2 rings (SSSR count). The Morgan fingerprint density at radius 3 is 2.76 bits per heavy atom. The molecule has 0 bridgehead atoms. The standard InChI is InChI=1S/C14H18F2N4O/c1-20(8-13(15)16)7-10-5-9-3-4-11(21-2)6-12(9)18-14(10)19-17/h3-6,13H,7-8,17H2,1-2H3,(H,18,19). The fraction of sp³-hybridized carbons (Fsp3) is 0.357. The van der Waals surface area contributed by atoms with Crippen molar-refractivity contribution < 1.29 is 13.5 Å². The molecule has 21 heavy (non-hydrogen) atoms. The predicted octanol–water partition coefficient (Wildman–Crippen LogP) is 2.23. The third-order valence-electron chi connectivity index (χ3n) is 3.13. The Balaban J connectivity index is 2.34. The molecule has 0 unspecified atom stereocenters. The third-order valence-corrected chi connectivity index (χ3v) is 3.13. The van der Waals surface area contributed by atoms with Crippen molar-refractivity contribution in [3.8, 4) is 5.75 Å². The van der Waals surface area contributed by atoms with Gasteiger partial charge >= 0.3 is 0 Å². The Labute approximate surface area is 121 Å². The fourth-order valence-corrected chi connectivity index (χ4v) is 2.15. The van der Waals surface area contributed by atoms with E-state index in [1.54, 1.807) is 20.2 Å². The van der Waals surface area contributed by atoms with Gasteiger partial charge < -0.3 is 10.2 Å². The lowest BCUT2D eigenvalue weighted by atomic mass is 10.1. The number of nitrogens with zero attached hydrogens (tertiary/aromatic N) is 2. The molecule has 7 heteroatoms. The highest BCUT2D eigenvalue weighted by atomic mass is 19.3. The minimum absolute atomic E-state index is 0.301. The van der Waals surface area contributed by atoms with Crippen LogP contribution < -0.4 is 16.0 Å². The molecule has 0 saturated heterocycles. The molecular weight excluding hydrogens is 278 g/mol. The number of nitrogens with two attached hydrogens (primary N) is 1. The van der Waals surface area contributed by atoms with E-state index in [1.807, 2.05) is 18.2 Å². The number of hydrogen-bond donors (Lipinski definition) is 2. The van der Waals surface area contributed by atoms with Gasteiger partial charge in [0, 0.05) is 23.6 Å². The van der Waals surface area contributed by atoms with Crippen molar-refractivity contribution in [3.05, 3.63) is 29.8 Å². The highest BCUT2D eigenvalue weighted by Crippen LogP contribution is 2.24. The van der Waals surface area contributed by atoms with Gasteiger partial charge in [-0.25, -0.2) is 19.6 Å². The number of aromatic nitrogens is 1. The van der Waals surface area contributed by atoms with Crippen molar-refractivity contribution in [2.75, 3.05) is 26.1 Å². The molecule has 1 aromatic heterocycles. The van der Waals surface area contributed by atoms with Gasteiger partial charge in [0.2, 0.25) is 0 Å². The summed E-state index contributed by atoms with van der Waals surface area (Å²) in [6.07, 6.45) is -2.37. The minimum Gasteiger partial charge on any atom is -0.497 e.